The maximum absolute atomic E-state index is 12.1. The Bertz CT molecular complexity index is 842. The van der Waals surface area contributed by atoms with E-state index >= 15 is 0 Å². The van der Waals surface area contributed by atoms with Crippen molar-refractivity contribution in [3.05, 3.63) is 54.6 Å². The lowest BCUT2D eigenvalue weighted by molar-refractivity contribution is 0.459. The van der Waals surface area contributed by atoms with Gasteiger partial charge in [0, 0.05) is 8.58 Å². The molecule has 0 fully saturated rings. The summed E-state index contributed by atoms with van der Waals surface area (Å²) in [6.07, 6.45) is 0. The smallest absolute Gasteiger partial charge is 0.277 e. The van der Waals surface area contributed by atoms with Gasteiger partial charge < -0.3 is 13.0 Å². The highest BCUT2D eigenvalue weighted by atomic mass is 32.2. The quantitative estimate of drug-likeness (QED) is 0.528. The Morgan fingerprint density at radius 2 is 1.48 bits per heavy atom. The molecule has 0 saturated carbocycles. The fourth-order valence-electron chi connectivity index (χ4n) is 1.68. The summed E-state index contributed by atoms with van der Waals surface area (Å²) in [7, 11) is 0.00286. The summed E-state index contributed by atoms with van der Waals surface area (Å²) in [5.41, 5.74) is 1.03. The Morgan fingerprint density at radius 3 is 2.09 bits per heavy atom. The van der Waals surface area contributed by atoms with Crippen molar-refractivity contribution in [2.45, 2.75) is 10.2 Å². The number of rotatable bonds is 6. The van der Waals surface area contributed by atoms with E-state index < -0.39 is 22.2 Å². The summed E-state index contributed by atoms with van der Waals surface area (Å²) >= 11 is -3.91. The van der Waals surface area contributed by atoms with Crippen LogP contribution in [0.15, 0.2) is 73.6 Å². The van der Waals surface area contributed by atoms with Gasteiger partial charge in [0.15, 0.2) is 0 Å². The number of furan rings is 2. The molecule has 1 N–H and O–H groups in total. The van der Waals surface area contributed by atoms with Gasteiger partial charge in [0.2, 0.25) is 21.3 Å². The first-order chi connectivity index (χ1) is 11.1. The molecule has 0 aliphatic carbocycles. The summed E-state index contributed by atoms with van der Waals surface area (Å²) in [6, 6.07) is 15.0. The summed E-state index contributed by atoms with van der Waals surface area (Å²) in [5.74, 6) is 0.479. The lowest BCUT2D eigenvalue weighted by Gasteiger charge is -2.01. The molecule has 3 rings (SSSR count). The van der Waals surface area contributed by atoms with E-state index in [2.05, 4.69) is 0 Å². The third-order valence-electron chi connectivity index (χ3n) is 2.66. The SMILES string of the molecule is O=S(O)c1ccc(Pc2ccc(S(=O)Oc3ccccc3)o2)o1. The topological polar surface area (TPSA) is 89.9 Å². The first kappa shape index (κ1) is 16.1. The summed E-state index contributed by atoms with van der Waals surface area (Å²) in [5, 5.41) is 0.170. The van der Waals surface area contributed by atoms with Crippen molar-refractivity contribution < 1.29 is 26.0 Å². The third kappa shape index (κ3) is 4.17. The van der Waals surface area contributed by atoms with Crippen LogP contribution in [0.25, 0.3) is 0 Å². The van der Waals surface area contributed by atoms with Gasteiger partial charge in [-0.15, -0.1) is 0 Å². The summed E-state index contributed by atoms with van der Waals surface area (Å²) < 4.78 is 47.8. The van der Waals surface area contributed by atoms with Crippen LogP contribution in [0.4, 0.5) is 0 Å². The molecule has 120 valence electrons. The van der Waals surface area contributed by atoms with Crippen molar-refractivity contribution in [3.8, 4) is 5.75 Å². The van der Waals surface area contributed by atoms with E-state index in [9.17, 15) is 8.42 Å². The highest BCUT2D eigenvalue weighted by molar-refractivity contribution is 7.80. The molecule has 0 saturated heterocycles. The Labute approximate surface area is 138 Å². The monoisotopic (exact) mass is 370 g/mol. The van der Waals surface area contributed by atoms with Gasteiger partial charge in [-0.25, -0.2) is 8.42 Å². The van der Waals surface area contributed by atoms with Crippen molar-refractivity contribution in [1.29, 1.82) is 0 Å². The first-order valence-corrected chi connectivity index (χ1v) is 9.53. The number of hydrogen-bond acceptors (Lipinski definition) is 5. The zero-order chi connectivity index (χ0) is 16.2. The van der Waals surface area contributed by atoms with Gasteiger partial charge >= 0.3 is 0 Å². The molecule has 0 bridgehead atoms. The predicted molar refractivity (Wildman–Crippen MR) is 87.5 cm³/mol. The molecule has 0 radical (unpaired) electrons. The molecule has 2 heterocycles. The van der Waals surface area contributed by atoms with Crippen LogP contribution < -0.4 is 15.2 Å². The molecule has 23 heavy (non-hydrogen) atoms. The molecular weight excluding hydrogens is 359 g/mol. The Kier molecular flexibility index (Phi) is 5.07. The van der Waals surface area contributed by atoms with E-state index in [-0.39, 0.29) is 18.8 Å². The lowest BCUT2D eigenvalue weighted by atomic mass is 10.3. The van der Waals surface area contributed by atoms with Crippen LogP contribution in [-0.2, 0) is 22.2 Å². The van der Waals surface area contributed by atoms with Crippen molar-refractivity contribution in [2.75, 3.05) is 0 Å². The van der Waals surface area contributed by atoms with Crippen molar-refractivity contribution in [1.82, 2.24) is 0 Å². The Balaban J connectivity index is 1.67. The second-order valence-electron chi connectivity index (χ2n) is 4.24. The Morgan fingerprint density at radius 1 is 0.870 bits per heavy atom. The largest absolute Gasteiger partial charge is 0.445 e. The normalized spacial score (nSPS) is 14.1. The average molecular weight is 370 g/mol. The minimum Gasteiger partial charge on any atom is -0.445 e. The standard InChI is InChI=1S/C14H11O6PS2/c15-22(16)13-8-6-11(18-13)21-12-7-9-14(19-12)23(17)20-10-4-2-1-3-5-10/h1-9,21H,(H,15,16). The van der Waals surface area contributed by atoms with Gasteiger partial charge in [0.25, 0.3) is 11.1 Å². The summed E-state index contributed by atoms with van der Waals surface area (Å²) in [4.78, 5) is 0. The van der Waals surface area contributed by atoms with Crippen LogP contribution in [0.2, 0.25) is 0 Å². The number of hydrogen-bond donors (Lipinski definition) is 1. The third-order valence-corrected chi connectivity index (χ3v) is 5.15. The van der Waals surface area contributed by atoms with Crippen LogP contribution >= 0.6 is 8.58 Å². The highest BCUT2D eigenvalue weighted by Crippen LogP contribution is 2.19. The van der Waals surface area contributed by atoms with E-state index in [1.54, 1.807) is 42.5 Å². The zero-order valence-corrected chi connectivity index (χ0v) is 14.1. The Hall–Kier alpha value is -1.73. The molecule has 2 aromatic heterocycles. The van der Waals surface area contributed by atoms with E-state index in [4.69, 9.17) is 17.6 Å². The highest BCUT2D eigenvalue weighted by Gasteiger charge is 2.14. The van der Waals surface area contributed by atoms with Crippen molar-refractivity contribution in [2.24, 2.45) is 0 Å². The van der Waals surface area contributed by atoms with E-state index in [0.717, 1.165) is 0 Å². The minimum absolute atomic E-state index is 0.00286. The van der Waals surface area contributed by atoms with Gasteiger partial charge in [-0.3, -0.25) is 4.55 Å². The first-order valence-electron chi connectivity index (χ1n) is 6.34. The molecular formula is C14H11O6PS2. The van der Waals surface area contributed by atoms with E-state index in [0.29, 0.717) is 16.8 Å². The lowest BCUT2D eigenvalue weighted by Crippen LogP contribution is -2.01. The molecule has 9 heteroatoms. The maximum Gasteiger partial charge on any atom is 0.277 e. The molecule has 3 unspecified atom stereocenters. The van der Waals surface area contributed by atoms with E-state index in [1.165, 1.54) is 6.07 Å². The minimum atomic E-state index is -2.15. The number of para-hydroxylation sites is 1. The van der Waals surface area contributed by atoms with Crippen molar-refractivity contribution in [3.63, 3.8) is 0 Å². The van der Waals surface area contributed by atoms with Gasteiger partial charge in [-0.1, -0.05) is 18.2 Å². The number of benzene rings is 1. The molecule has 3 aromatic rings. The fraction of sp³-hybridized carbons (Fsp3) is 0. The molecule has 0 aliphatic heterocycles. The molecule has 0 aliphatic rings. The fourth-order valence-corrected chi connectivity index (χ4v) is 3.78. The van der Waals surface area contributed by atoms with Crippen LogP contribution in [0.1, 0.15) is 0 Å². The van der Waals surface area contributed by atoms with Crippen LogP contribution in [0.5, 0.6) is 5.75 Å². The molecule has 0 spiro atoms. The van der Waals surface area contributed by atoms with E-state index in [1.807, 2.05) is 6.07 Å². The second-order valence-corrected chi connectivity index (χ2v) is 7.42. The van der Waals surface area contributed by atoms with Crippen LogP contribution in [-0.4, -0.2) is 13.0 Å². The maximum atomic E-state index is 12.1. The second kappa shape index (κ2) is 7.23. The van der Waals surface area contributed by atoms with Crippen LogP contribution in [0, 0.1) is 0 Å². The predicted octanol–water partition coefficient (Wildman–Crippen LogP) is 2.18. The van der Waals surface area contributed by atoms with Gasteiger partial charge in [-0.05, 0) is 36.4 Å². The van der Waals surface area contributed by atoms with Gasteiger partial charge in [0.05, 0.1) is 0 Å². The average Bonchev–Trinajstić information content (AvgIpc) is 3.18. The van der Waals surface area contributed by atoms with Gasteiger partial charge in [-0.2, -0.15) is 0 Å². The molecule has 1 aromatic carbocycles. The summed E-state index contributed by atoms with van der Waals surface area (Å²) in [6.45, 7) is 0. The molecule has 0 amide bonds. The molecule has 6 nitrogen and oxygen atoms in total. The zero-order valence-electron chi connectivity index (χ0n) is 11.5. The van der Waals surface area contributed by atoms with Gasteiger partial charge in [0.1, 0.15) is 16.8 Å². The van der Waals surface area contributed by atoms with Crippen molar-refractivity contribution >= 4 is 41.7 Å². The molecule has 3 atom stereocenters. The van der Waals surface area contributed by atoms with Crippen LogP contribution in [0.3, 0.4) is 0 Å².